The maximum atomic E-state index is 15.1. The molecular formula is C63H117N3O8. The number of esters is 3. The molecule has 0 saturated heterocycles. The Morgan fingerprint density at radius 2 is 0.973 bits per heavy atom. The summed E-state index contributed by atoms with van der Waals surface area (Å²) in [5.74, 6) is 1.39. The minimum Gasteiger partial charge on any atom is -0.462 e. The number of carbonyl (C=O) groups is 5. The molecule has 2 fully saturated rings. The van der Waals surface area contributed by atoms with Crippen LogP contribution in [0.1, 0.15) is 281 Å². The van der Waals surface area contributed by atoms with E-state index in [1.54, 1.807) is 0 Å². The van der Waals surface area contributed by atoms with Crippen LogP contribution in [-0.4, -0.2) is 97.1 Å². The van der Waals surface area contributed by atoms with Crippen molar-refractivity contribution < 1.29 is 38.2 Å². The van der Waals surface area contributed by atoms with Gasteiger partial charge in [0.2, 0.25) is 11.8 Å². The first kappa shape index (κ1) is 67.4. The zero-order valence-electron chi connectivity index (χ0n) is 50.0. The molecule has 2 aliphatic carbocycles. The lowest BCUT2D eigenvalue weighted by molar-refractivity contribution is -0.157. The molecule has 0 bridgehead atoms. The highest BCUT2D eigenvalue weighted by atomic mass is 16.6. The van der Waals surface area contributed by atoms with Crippen LogP contribution in [0.3, 0.4) is 0 Å². The first-order valence-corrected chi connectivity index (χ1v) is 31.3. The molecule has 0 aliphatic heterocycles. The summed E-state index contributed by atoms with van der Waals surface area (Å²) in [5, 5.41) is 3.24. The molecule has 6 atom stereocenters. The molecule has 0 aromatic heterocycles. The van der Waals surface area contributed by atoms with Crippen LogP contribution in [0.2, 0.25) is 0 Å². The van der Waals surface area contributed by atoms with Crippen molar-refractivity contribution in [3.05, 3.63) is 0 Å². The van der Waals surface area contributed by atoms with Crippen LogP contribution in [0.25, 0.3) is 0 Å². The van der Waals surface area contributed by atoms with Gasteiger partial charge < -0.3 is 29.3 Å². The Labute approximate surface area is 455 Å². The minimum absolute atomic E-state index is 0.0636. The molecule has 74 heavy (non-hydrogen) atoms. The van der Waals surface area contributed by atoms with Gasteiger partial charge in [-0.1, -0.05) is 146 Å². The lowest BCUT2D eigenvalue weighted by atomic mass is 9.75. The van der Waals surface area contributed by atoms with Crippen LogP contribution in [0.15, 0.2) is 0 Å². The van der Waals surface area contributed by atoms with E-state index in [4.69, 9.17) is 14.2 Å². The maximum absolute atomic E-state index is 15.1. The molecule has 2 amide bonds. The summed E-state index contributed by atoms with van der Waals surface area (Å²) in [4.78, 5) is 75.2. The Bertz CT molecular complexity index is 1450. The molecule has 0 aromatic rings. The number of carbonyl (C=O) groups excluding carboxylic acids is 5. The quantitative estimate of drug-likeness (QED) is 0.0361. The third-order valence-corrected chi connectivity index (χ3v) is 16.8. The Balaban J connectivity index is 2.40. The van der Waals surface area contributed by atoms with Crippen molar-refractivity contribution >= 4 is 29.7 Å². The average Bonchev–Trinajstić information content (AvgIpc) is 3.34. The van der Waals surface area contributed by atoms with Gasteiger partial charge in [-0.3, -0.25) is 24.0 Å². The van der Waals surface area contributed by atoms with Crippen molar-refractivity contribution in [1.82, 2.24) is 15.1 Å². The highest BCUT2D eigenvalue weighted by Gasteiger charge is 2.46. The fraction of sp³-hybridized carbons (Fsp3) is 0.921. The van der Waals surface area contributed by atoms with E-state index in [2.05, 4.69) is 72.5 Å². The van der Waals surface area contributed by atoms with Gasteiger partial charge in [-0.25, -0.2) is 0 Å². The van der Waals surface area contributed by atoms with Crippen molar-refractivity contribution in [1.29, 1.82) is 0 Å². The fourth-order valence-electron chi connectivity index (χ4n) is 12.1. The SMILES string of the molecule is CCCCCCCCC(CCCCCCCC)OC(=O)CCCCC(=O)N(CCCCN(C)C)C(CCCC(=O)OC1CC(C)CCC1C(C)C)(CCCC(=O)OC1CC(C)CCC1C(C)C)C(=O)NCCCC. The normalized spacial score (nSPS) is 21.0. The standard InChI is InChI=1S/C63H117N3O8/c1-12-15-18-20-22-24-32-53(33-25-23-21-19-16-13-2)72-59(68)35-27-26-34-58(67)66(46-29-28-45-65(10)11)63(62(71)64-44-17-14-3,42-30-36-60(69)73-56-47-51(8)38-40-54(56)49(4)5)43-31-37-61(70)74-57-48-52(9)39-41-55(57)50(6)7/h49-57H,12-48H2,1-11H3,(H,64,71). The smallest absolute Gasteiger partial charge is 0.306 e. The molecule has 1 N–H and O–H groups in total. The van der Waals surface area contributed by atoms with E-state index in [1.807, 2.05) is 19.0 Å². The van der Waals surface area contributed by atoms with E-state index < -0.39 is 5.54 Å². The molecule has 0 radical (unpaired) electrons. The molecule has 2 aliphatic rings. The van der Waals surface area contributed by atoms with Gasteiger partial charge in [0, 0.05) is 38.8 Å². The highest BCUT2D eigenvalue weighted by molar-refractivity contribution is 5.91. The summed E-state index contributed by atoms with van der Waals surface area (Å²) < 4.78 is 18.7. The number of amides is 2. The largest absolute Gasteiger partial charge is 0.462 e. The summed E-state index contributed by atoms with van der Waals surface area (Å²) in [7, 11) is 4.08. The van der Waals surface area contributed by atoms with Gasteiger partial charge in [-0.15, -0.1) is 0 Å². The molecule has 0 heterocycles. The third kappa shape index (κ3) is 27.6. The van der Waals surface area contributed by atoms with Gasteiger partial charge in [0.25, 0.3) is 0 Å². The number of nitrogens with zero attached hydrogens (tertiary/aromatic N) is 2. The second kappa shape index (κ2) is 39.6. The van der Waals surface area contributed by atoms with Crippen LogP contribution in [-0.2, 0) is 38.2 Å². The molecule has 11 nitrogen and oxygen atoms in total. The Hall–Kier alpha value is -2.69. The first-order chi connectivity index (χ1) is 35.5. The van der Waals surface area contributed by atoms with E-state index in [1.165, 1.54) is 64.2 Å². The lowest BCUT2D eigenvalue weighted by Gasteiger charge is -2.44. The van der Waals surface area contributed by atoms with Crippen molar-refractivity contribution in [3.8, 4) is 0 Å². The van der Waals surface area contributed by atoms with Gasteiger partial charge in [0.15, 0.2) is 0 Å². The van der Waals surface area contributed by atoms with Crippen LogP contribution in [0.5, 0.6) is 0 Å². The van der Waals surface area contributed by atoms with Crippen LogP contribution in [0.4, 0.5) is 0 Å². The molecular weight excluding hydrogens is 927 g/mol. The van der Waals surface area contributed by atoms with Gasteiger partial charge in [0.05, 0.1) is 0 Å². The monoisotopic (exact) mass is 1040 g/mol. The topological polar surface area (TPSA) is 132 Å². The molecule has 11 heteroatoms. The van der Waals surface area contributed by atoms with Gasteiger partial charge >= 0.3 is 17.9 Å². The Kier molecular flexibility index (Phi) is 36.1. The Morgan fingerprint density at radius 3 is 1.45 bits per heavy atom. The third-order valence-electron chi connectivity index (χ3n) is 16.8. The summed E-state index contributed by atoms with van der Waals surface area (Å²) >= 11 is 0. The van der Waals surface area contributed by atoms with Gasteiger partial charge in [-0.05, 0) is 165 Å². The highest BCUT2D eigenvalue weighted by Crippen LogP contribution is 2.38. The van der Waals surface area contributed by atoms with Crippen LogP contribution < -0.4 is 5.32 Å². The second-order valence-electron chi connectivity index (χ2n) is 24.5. The van der Waals surface area contributed by atoms with Gasteiger partial charge in [0.1, 0.15) is 23.9 Å². The van der Waals surface area contributed by atoms with E-state index in [-0.39, 0.29) is 86.6 Å². The fourth-order valence-corrected chi connectivity index (χ4v) is 12.1. The van der Waals surface area contributed by atoms with Crippen molar-refractivity contribution in [2.75, 3.05) is 33.7 Å². The number of hydrogen-bond acceptors (Lipinski definition) is 9. The van der Waals surface area contributed by atoms with E-state index in [0.29, 0.717) is 80.7 Å². The Morgan fingerprint density at radius 1 is 0.527 bits per heavy atom. The summed E-state index contributed by atoms with van der Waals surface area (Å²) in [6, 6.07) is 0. The number of ether oxygens (including phenoxy) is 3. The number of rotatable bonds is 42. The molecule has 2 saturated carbocycles. The summed E-state index contributed by atoms with van der Waals surface area (Å²) in [6.45, 7) is 21.6. The molecule has 0 spiro atoms. The zero-order chi connectivity index (χ0) is 54.7. The number of nitrogens with one attached hydrogen (secondary N) is 1. The number of unbranched alkanes of at least 4 members (excludes halogenated alkanes) is 13. The lowest BCUT2D eigenvalue weighted by Crippen LogP contribution is -2.61. The van der Waals surface area contributed by atoms with Crippen molar-refractivity contribution in [3.63, 3.8) is 0 Å². The minimum atomic E-state index is -1.30. The van der Waals surface area contributed by atoms with Crippen LogP contribution >= 0.6 is 0 Å². The van der Waals surface area contributed by atoms with E-state index in [0.717, 1.165) is 90.0 Å². The zero-order valence-corrected chi connectivity index (χ0v) is 50.0. The molecule has 432 valence electrons. The number of hydrogen-bond donors (Lipinski definition) is 1. The molecule has 0 aromatic carbocycles. The van der Waals surface area contributed by atoms with Crippen LogP contribution in [0, 0.1) is 35.5 Å². The second-order valence-corrected chi connectivity index (χ2v) is 24.5. The molecule has 6 unspecified atom stereocenters. The van der Waals surface area contributed by atoms with Crippen molar-refractivity contribution in [2.45, 2.75) is 304 Å². The van der Waals surface area contributed by atoms with Crippen molar-refractivity contribution in [2.24, 2.45) is 35.5 Å². The average molecular weight is 1040 g/mol. The predicted octanol–water partition coefficient (Wildman–Crippen LogP) is 15.1. The summed E-state index contributed by atoms with van der Waals surface area (Å²) in [5.41, 5.74) is -1.30. The maximum Gasteiger partial charge on any atom is 0.306 e. The predicted molar refractivity (Wildman–Crippen MR) is 305 cm³/mol. The van der Waals surface area contributed by atoms with E-state index in [9.17, 15) is 14.4 Å². The molecule has 2 rings (SSSR count). The summed E-state index contributed by atoms with van der Waals surface area (Å²) in [6.07, 6.45) is 28.2. The van der Waals surface area contributed by atoms with E-state index >= 15 is 9.59 Å². The van der Waals surface area contributed by atoms with Gasteiger partial charge in [-0.2, -0.15) is 0 Å². The first-order valence-electron chi connectivity index (χ1n) is 31.3.